The van der Waals surface area contributed by atoms with Gasteiger partial charge in [0.2, 0.25) is 0 Å². The molecule has 2 atom stereocenters. The normalized spacial score (nSPS) is 27.9. The van der Waals surface area contributed by atoms with E-state index < -0.39 is 0 Å². The first-order chi connectivity index (χ1) is 7.08. The zero-order valence-electron chi connectivity index (χ0n) is 10.4. The Morgan fingerprint density at radius 2 is 2.33 bits per heavy atom. The van der Waals surface area contributed by atoms with Crippen molar-refractivity contribution >= 4 is 0 Å². The standard InChI is InChI=1S/C13H25NO/c1-5-14-12(8-7-11(2)3)13(4)9-6-10-15-13/h12,14H,2,5-10H2,1,3-4H3. The van der Waals surface area contributed by atoms with Crippen LogP contribution in [0.4, 0.5) is 0 Å². The molecule has 1 rings (SSSR count). The number of nitrogens with one attached hydrogen (secondary N) is 1. The number of hydrogen-bond acceptors (Lipinski definition) is 2. The second kappa shape index (κ2) is 5.66. The summed E-state index contributed by atoms with van der Waals surface area (Å²) in [7, 11) is 0. The molecule has 0 aromatic heterocycles. The fraction of sp³-hybridized carbons (Fsp3) is 0.846. The molecule has 2 unspecified atom stereocenters. The van der Waals surface area contributed by atoms with Gasteiger partial charge in [-0.2, -0.15) is 0 Å². The topological polar surface area (TPSA) is 21.3 Å². The monoisotopic (exact) mass is 211 g/mol. The fourth-order valence-corrected chi connectivity index (χ4v) is 2.34. The molecule has 0 aromatic carbocycles. The van der Waals surface area contributed by atoms with Crippen molar-refractivity contribution in [3.8, 4) is 0 Å². The average Bonchev–Trinajstić information content (AvgIpc) is 2.60. The average molecular weight is 211 g/mol. The van der Waals surface area contributed by atoms with E-state index in [1.54, 1.807) is 0 Å². The van der Waals surface area contributed by atoms with Crippen molar-refractivity contribution in [1.29, 1.82) is 0 Å². The first-order valence-electron chi connectivity index (χ1n) is 6.10. The summed E-state index contributed by atoms with van der Waals surface area (Å²) < 4.78 is 5.90. The highest BCUT2D eigenvalue weighted by atomic mass is 16.5. The second-order valence-electron chi connectivity index (χ2n) is 4.87. The Morgan fingerprint density at radius 3 is 2.80 bits per heavy atom. The molecule has 1 heterocycles. The van der Waals surface area contributed by atoms with Crippen molar-refractivity contribution in [2.24, 2.45) is 0 Å². The number of hydrogen-bond donors (Lipinski definition) is 1. The predicted octanol–water partition coefficient (Wildman–Crippen LogP) is 2.89. The van der Waals surface area contributed by atoms with Crippen molar-refractivity contribution in [3.63, 3.8) is 0 Å². The Bertz CT molecular complexity index is 207. The van der Waals surface area contributed by atoms with Crippen LogP contribution >= 0.6 is 0 Å². The zero-order valence-corrected chi connectivity index (χ0v) is 10.4. The van der Waals surface area contributed by atoms with Crippen LogP contribution in [-0.4, -0.2) is 24.8 Å². The summed E-state index contributed by atoms with van der Waals surface area (Å²) in [5.74, 6) is 0. The van der Waals surface area contributed by atoms with Crippen LogP contribution in [0, 0.1) is 0 Å². The van der Waals surface area contributed by atoms with Gasteiger partial charge in [-0.3, -0.25) is 0 Å². The molecule has 15 heavy (non-hydrogen) atoms. The van der Waals surface area contributed by atoms with Crippen molar-refractivity contribution in [1.82, 2.24) is 5.32 Å². The smallest absolute Gasteiger partial charge is 0.0807 e. The quantitative estimate of drug-likeness (QED) is 0.682. The molecule has 0 radical (unpaired) electrons. The Hall–Kier alpha value is -0.340. The largest absolute Gasteiger partial charge is 0.374 e. The highest BCUT2D eigenvalue weighted by molar-refractivity contribution is 4.96. The summed E-state index contributed by atoms with van der Waals surface area (Å²) in [5, 5.41) is 3.55. The molecule has 0 aromatic rings. The maximum atomic E-state index is 5.90. The van der Waals surface area contributed by atoms with E-state index in [-0.39, 0.29) is 5.60 Å². The van der Waals surface area contributed by atoms with E-state index in [4.69, 9.17) is 4.74 Å². The van der Waals surface area contributed by atoms with Crippen molar-refractivity contribution in [2.45, 2.75) is 58.1 Å². The SMILES string of the molecule is C=C(C)CCC(NCC)C1(C)CCCO1. The third-order valence-corrected chi connectivity index (χ3v) is 3.30. The predicted molar refractivity (Wildman–Crippen MR) is 65.1 cm³/mol. The molecule has 0 spiro atoms. The van der Waals surface area contributed by atoms with Crippen molar-refractivity contribution < 1.29 is 4.74 Å². The summed E-state index contributed by atoms with van der Waals surface area (Å²) in [6, 6.07) is 0.474. The second-order valence-corrected chi connectivity index (χ2v) is 4.87. The number of allylic oxidation sites excluding steroid dienone is 1. The van der Waals surface area contributed by atoms with E-state index in [0.717, 1.165) is 26.0 Å². The lowest BCUT2D eigenvalue weighted by atomic mass is 9.89. The van der Waals surface area contributed by atoms with Crippen LogP contribution in [0.3, 0.4) is 0 Å². The Morgan fingerprint density at radius 1 is 1.60 bits per heavy atom. The summed E-state index contributed by atoms with van der Waals surface area (Å²) >= 11 is 0. The van der Waals surface area contributed by atoms with E-state index in [2.05, 4.69) is 32.7 Å². The molecule has 0 amide bonds. The van der Waals surface area contributed by atoms with Crippen LogP contribution in [-0.2, 0) is 4.74 Å². The number of ether oxygens (including phenoxy) is 1. The highest BCUT2D eigenvalue weighted by Crippen LogP contribution is 2.31. The zero-order chi connectivity index (χ0) is 11.3. The van der Waals surface area contributed by atoms with Crippen molar-refractivity contribution in [3.05, 3.63) is 12.2 Å². The molecule has 0 saturated carbocycles. The molecular weight excluding hydrogens is 186 g/mol. The number of rotatable bonds is 6. The van der Waals surface area contributed by atoms with Crippen LogP contribution in [0.2, 0.25) is 0 Å². The molecule has 2 heteroatoms. The summed E-state index contributed by atoms with van der Waals surface area (Å²) in [4.78, 5) is 0. The molecule has 1 saturated heterocycles. The third kappa shape index (κ3) is 3.62. The maximum Gasteiger partial charge on any atom is 0.0807 e. The van der Waals surface area contributed by atoms with Crippen molar-refractivity contribution in [2.75, 3.05) is 13.2 Å². The van der Waals surface area contributed by atoms with Gasteiger partial charge in [-0.1, -0.05) is 12.5 Å². The molecule has 1 N–H and O–H groups in total. The lowest BCUT2D eigenvalue weighted by Gasteiger charge is -2.34. The van der Waals surface area contributed by atoms with Gasteiger partial charge in [-0.15, -0.1) is 6.58 Å². The van der Waals surface area contributed by atoms with Crippen LogP contribution in [0.1, 0.15) is 46.5 Å². The molecule has 1 fully saturated rings. The van der Waals surface area contributed by atoms with Gasteiger partial charge >= 0.3 is 0 Å². The van der Waals surface area contributed by atoms with Crippen LogP contribution in [0.15, 0.2) is 12.2 Å². The van der Waals surface area contributed by atoms with Crippen LogP contribution in [0.25, 0.3) is 0 Å². The van der Waals surface area contributed by atoms with Gasteiger partial charge in [0, 0.05) is 12.6 Å². The maximum absolute atomic E-state index is 5.90. The van der Waals surface area contributed by atoms with E-state index in [0.29, 0.717) is 6.04 Å². The van der Waals surface area contributed by atoms with E-state index in [9.17, 15) is 0 Å². The molecular formula is C13H25NO. The molecule has 1 aliphatic heterocycles. The van der Waals surface area contributed by atoms with E-state index >= 15 is 0 Å². The van der Waals surface area contributed by atoms with Gasteiger partial charge in [-0.25, -0.2) is 0 Å². The van der Waals surface area contributed by atoms with Gasteiger partial charge in [0.05, 0.1) is 5.60 Å². The molecule has 0 aliphatic carbocycles. The first-order valence-corrected chi connectivity index (χ1v) is 6.10. The molecule has 0 bridgehead atoms. The Labute approximate surface area is 94.1 Å². The molecule has 1 aliphatic rings. The van der Waals surface area contributed by atoms with E-state index in [1.165, 1.54) is 18.4 Å². The van der Waals surface area contributed by atoms with Crippen LogP contribution in [0.5, 0.6) is 0 Å². The Balaban J connectivity index is 2.51. The van der Waals surface area contributed by atoms with Gasteiger partial charge in [-0.05, 0) is 46.1 Å². The minimum Gasteiger partial charge on any atom is -0.374 e. The minimum atomic E-state index is 0.0471. The first kappa shape index (κ1) is 12.7. The lowest BCUT2D eigenvalue weighted by Crippen LogP contribution is -2.48. The summed E-state index contributed by atoms with van der Waals surface area (Å²) in [6.07, 6.45) is 4.61. The number of likely N-dealkylation sites (N-methyl/N-ethyl adjacent to an activating group) is 1. The fourth-order valence-electron chi connectivity index (χ4n) is 2.34. The van der Waals surface area contributed by atoms with Gasteiger partial charge in [0.25, 0.3) is 0 Å². The van der Waals surface area contributed by atoms with Gasteiger partial charge in [0.1, 0.15) is 0 Å². The summed E-state index contributed by atoms with van der Waals surface area (Å²) in [5.41, 5.74) is 1.31. The summed E-state index contributed by atoms with van der Waals surface area (Å²) in [6.45, 7) is 12.4. The van der Waals surface area contributed by atoms with Gasteiger partial charge in [0.15, 0.2) is 0 Å². The molecule has 88 valence electrons. The molecule has 2 nitrogen and oxygen atoms in total. The van der Waals surface area contributed by atoms with Crippen LogP contribution < -0.4 is 5.32 Å². The third-order valence-electron chi connectivity index (χ3n) is 3.30. The lowest BCUT2D eigenvalue weighted by molar-refractivity contribution is -0.0133. The highest BCUT2D eigenvalue weighted by Gasteiger charge is 2.37. The Kier molecular flexibility index (Phi) is 4.81. The minimum absolute atomic E-state index is 0.0471. The van der Waals surface area contributed by atoms with Gasteiger partial charge < -0.3 is 10.1 Å². The van der Waals surface area contributed by atoms with E-state index in [1.807, 2.05) is 0 Å².